The van der Waals surface area contributed by atoms with E-state index in [-0.39, 0.29) is 11.7 Å². The number of nitrogens with zero attached hydrogens (tertiary/aromatic N) is 2. The maximum Gasteiger partial charge on any atom is 0.310 e. The van der Waals surface area contributed by atoms with Crippen LogP contribution in [0.5, 0.6) is 0 Å². The van der Waals surface area contributed by atoms with Crippen molar-refractivity contribution >= 4 is 11.4 Å². The number of hydrogen-bond acceptors (Lipinski definition) is 5. The molecular formula is C11H16N4O2. The van der Waals surface area contributed by atoms with Crippen molar-refractivity contribution in [1.82, 2.24) is 4.98 Å². The Balaban J connectivity index is 2.15. The summed E-state index contributed by atoms with van der Waals surface area (Å²) in [5, 5.41) is 14.1. The van der Waals surface area contributed by atoms with E-state index >= 15 is 0 Å². The number of rotatable bonds is 4. The number of pyridine rings is 1. The van der Waals surface area contributed by atoms with Gasteiger partial charge in [-0.05, 0) is 31.4 Å². The predicted octanol–water partition coefficient (Wildman–Crippen LogP) is 1.53. The van der Waals surface area contributed by atoms with Crippen LogP contribution in [0, 0.1) is 16.0 Å². The number of nitrogens with one attached hydrogen (secondary N) is 1. The van der Waals surface area contributed by atoms with Gasteiger partial charge in [-0.1, -0.05) is 6.42 Å². The number of anilines is 1. The molecule has 0 spiro atoms. The smallest absolute Gasteiger partial charge is 0.310 e. The lowest BCUT2D eigenvalue weighted by atomic mass is 10.0. The highest BCUT2D eigenvalue weighted by atomic mass is 16.6. The molecule has 1 fully saturated rings. The molecule has 1 heterocycles. The van der Waals surface area contributed by atoms with Crippen LogP contribution >= 0.6 is 0 Å². The van der Waals surface area contributed by atoms with Crippen molar-refractivity contribution in [3.05, 3.63) is 28.6 Å². The van der Waals surface area contributed by atoms with Gasteiger partial charge in [-0.2, -0.15) is 0 Å². The van der Waals surface area contributed by atoms with Crippen molar-refractivity contribution in [2.24, 2.45) is 11.7 Å². The molecule has 92 valence electrons. The summed E-state index contributed by atoms with van der Waals surface area (Å²) in [6, 6.07) is 1.88. The van der Waals surface area contributed by atoms with Gasteiger partial charge < -0.3 is 11.1 Å². The third-order valence-electron chi connectivity index (χ3n) is 3.30. The number of nitrogens with two attached hydrogens (primary N) is 1. The summed E-state index contributed by atoms with van der Waals surface area (Å²) >= 11 is 0. The summed E-state index contributed by atoms with van der Waals surface area (Å²) in [6.45, 7) is 0.622. The fourth-order valence-corrected chi connectivity index (χ4v) is 2.36. The van der Waals surface area contributed by atoms with Crippen LogP contribution in [0.15, 0.2) is 18.5 Å². The molecule has 1 aliphatic carbocycles. The molecule has 0 saturated heterocycles. The fourth-order valence-electron chi connectivity index (χ4n) is 2.36. The van der Waals surface area contributed by atoms with Gasteiger partial charge in [0.05, 0.1) is 4.92 Å². The number of hydrogen-bond donors (Lipinski definition) is 2. The minimum Gasteiger partial charge on any atom is -0.376 e. The summed E-state index contributed by atoms with van der Waals surface area (Å²) in [4.78, 5) is 14.2. The maximum absolute atomic E-state index is 10.8. The number of aromatic nitrogens is 1. The van der Waals surface area contributed by atoms with Crippen molar-refractivity contribution in [2.75, 3.05) is 11.9 Å². The lowest BCUT2D eigenvalue weighted by molar-refractivity contribution is -0.384. The van der Waals surface area contributed by atoms with E-state index < -0.39 is 4.92 Å². The second-order valence-electron chi connectivity index (χ2n) is 4.33. The minimum absolute atomic E-state index is 0.0233. The van der Waals surface area contributed by atoms with E-state index in [0.29, 0.717) is 18.2 Å². The highest BCUT2D eigenvalue weighted by Crippen LogP contribution is 2.30. The summed E-state index contributed by atoms with van der Waals surface area (Å²) in [7, 11) is 0. The standard InChI is InChI=1S/C11H16N4O2/c12-6-8-2-1-3-9(8)14-10-4-5-13-7-11(10)15(16)17/h4-5,7-9H,1-3,6,12H2,(H,13,14). The molecule has 0 bridgehead atoms. The monoisotopic (exact) mass is 236 g/mol. The lowest BCUT2D eigenvalue weighted by Gasteiger charge is -2.20. The van der Waals surface area contributed by atoms with Gasteiger partial charge >= 0.3 is 5.69 Å². The molecule has 2 unspecified atom stereocenters. The van der Waals surface area contributed by atoms with E-state index in [9.17, 15) is 10.1 Å². The van der Waals surface area contributed by atoms with E-state index in [1.165, 1.54) is 6.20 Å². The molecule has 6 heteroatoms. The topological polar surface area (TPSA) is 94.1 Å². The molecule has 0 aliphatic heterocycles. The SMILES string of the molecule is NCC1CCCC1Nc1ccncc1[N+](=O)[O-]. The normalized spacial score (nSPS) is 23.6. The van der Waals surface area contributed by atoms with Gasteiger partial charge in [0, 0.05) is 12.2 Å². The molecule has 0 aromatic carbocycles. The van der Waals surface area contributed by atoms with Crippen LogP contribution < -0.4 is 11.1 Å². The molecule has 2 atom stereocenters. The summed E-state index contributed by atoms with van der Waals surface area (Å²) < 4.78 is 0. The molecule has 1 aromatic heterocycles. The fraction of sp³-hybridized carbons (Fsp3) is 0.545. The first-order valence-corrected chi connectivity index (χ1v) is 5.77. The molecule has 17 heavy (non-hydrogen) atoms. The minimum atomic E-state index is -0.415. The van der Waals surface area contributed by atoms with Crippen LogP contribution in [0.1, 0.15) is 19.3 Å². The van der Waals surface area contributed by atoms with Crippen molar-refractivity contribution in [2.45, 2.75) is 25.3 Å². The molecule has 1 aliphatic rings. The molecule has 1 aromatic rings. The summed E-state index contributed by atoms with van der Waals surface area (Å²) in [5.74, 6) is 0.405. The Kier molecular flexibility index (Phi) is 3.53. The van der Waals surface area contributed by atoms with E-state index in [2.05, 4.69) is 10.3 Å². The van der Waals surface area contributed by atoms with Crippen LogP contribution in [-0.2, 0) is 0 Å². The van der Waals surface area contributed by atoms with Gasteiger partial charge in [-0.25, -0.2) is 0 Å². The Bertz CT molecular complexity index is 410. The zero-order chi connectivity index (χ0) is 12.3. The number of nitro groups is 1. The average molecular weight is 236 g/mol. The van der Waals surface area contributed by atoms with Crippen LogP contribution in [0.4, 0.5) is 11.4 Å². The first-order valence-electron chi connectivity index (χ1n) is 5.77. The zero-order valence-corrected chi connectivity index (χ0v) is 9.50. The molecule has 0 amide bonds. The average Bonchev–Trinajstić information content (AvgIpc) is 2.77. The van der Waals surface area contributed by atoms with E-state index in [1.54, 1.807) is 12.3 Å². The van der Waals surface area contributed by atoms with Gasteiger partial charge in [-0.15, -0.1) is 0 Å². The summed E-state index contributed by atoms with van der Waals surface area (Å²) in [5.41, 5.74) is 6.25. The van der Waals surface area contributed by atoms with Crippen LogP contribution in [0.25, 0.3) is 0 Å². The second kappa shape index (κ2) is 5.09. The third-order valence-corrected chi connectivity index (χ3v) is 3.30. The van der Waals surface area contributed by atoms with Crippen molar-refractivity contribution < 1.29 is 4.92 Å². The van der Waals surface area contributed by atoms with E-state index in [1.807, 2.05) is 0 Å². The summed E-state index contributed by atoms with van der Waals surface area (Å²) in [6.07, 6.45) is 6.06. The Morgan fingerprint density at radius 3 is 3.12 bits per heavy atom. The van der Waals surface area contributed by atoms with Crippen molar-refractivity contribution in [3.8, 4) is 0 Å². The lowest BCUT2D eigenvalue weighted by Crippen LogP contribution is -2.29. The third kappa shape index (κ3) is 2.52. The van der Waals surface area contributed by atoms with Gasteiger partial charge in [0.2, 0.25) is 0 Å². The van der Waals surface area contributed by atoms with Crippen molar-refractivity contribution in [3.63, 3.8) is 0 Å². The Labute approximate surface area is 99.4 Å². The zero-order valence-electron chi connectivity index (χ0n) is 9.50. The van der Waals surface area contributed by atoms with Gasteiger partial charge in [0.1, 0.15) is 11.9 Å². The largest absolute Gasteiger partial charge is 0.376 e. The molecule has 2 rings (SSSR count). The van der Waals surface area contributed by atoms with Gasteiger partial charge in [0.15, 0.2) is 0 Å². The van der Waals surface area contributed by atoms with Gasteiger partial charge in [0.25, 0.3) is 0 Å². The van der Waals surface area contributed by atoms with E-state index in [0.717, 1.165) is 19.3 Å². The first-order chi connectivity index (χ1) is 8.22. The van der Waals surface area contributed by atoms with Crippen LogP contribution in [0.3, 0.4) is 0 Å². The van der Waals surface area contributed by atoms with Crippen LogP contribution in [-0.4, -0.2) is 22.5 Å². The highest BCUT2D eigenvalue weighted by molar-refractivity contribution is 5.60. The predicted molar refractivity (Wildman–Crippen MR) is 64.7 cm³/mol. The Morgan fingerprint density at radius 1 is 1.59 bits per heavy atom. The quantitative estimate of drug-likeness (QED) is 0.610. The van der Waals surface area contributed by atoms with E-state index in [4.69, 9.17) is 5.73 Å². The first kappa shape index (κ1) is 11.8. The van der Waals surface area contributed by atoms with Gasteiger partial charge in [-0.3, -0.25) is 15.1 Å². The molecule has 6 nitrogen and oxygen atoms in total. The molecule has 3 N–H and O–H groups in total. The highest BCUT2D eigenvalue weighted by Gasteiger charge is 2.27. The van der Waals surface area contributed by atoms with Crippen molar-refractivity contribution in [1.29, 1.82) is 0 Å². The molecule has 0 radical (unpaired) electrons. The second-order valence-corrected chi connectivity index (χ2v) is 4.33. The maximum atomic E-state index is 10.8. The Morgan fingerprint density at radius 2 is 2.41 bits per heavy atom. The Hall–Kier alpha value is -1.69. The molecular weight excluding hydrogens is 220 g/mol. The van der Waals surface area contributed by atoms with Crippen LogP contribution in [0.2, 0.25) is 0 Å². The molecule has 1 saturated carbocycles.